The Hall–Kier alpha value is -7.21. The second-order valence-electron chi connectivity index (χ2n) is 17.8. The summed E-state index contributed by atoms with van der Waals surface area (Å²) in [6, 6.07) is 18.6. The van der Waals surface area contributed by atoms with Gasteiger partial charge in [0.15, 0.2) is 40.8 Å². The molecule has 0 bridgehead atoms. The number of phenolic OH excluding ortho intramolecular Hbond substituents is 3. The van der Waals surface area contributed by atoms with Crippen molar-refractivity contribution in [2.45, 2.75) is 92.1 Å². The highest BCUT2D eigenvalue weighted by Crippen LogP contribution is 2.43. The van der Waals surface area contributed by atoms with Crippen molar-refractivity contribution in [1.29, 1.82) is 0 Å². The second-order valence-corrected chi connectivity index (χ2v) is 17.8. The number of carbonyl (C=O) groups excluding carboxylic acids is 2. The van der Waals surface area contributed by atoms with Crippen LogP contribution >= 0.6 is 0 Å². The lowest BCUT2D eigenvalue weighted by atomic mass is 9.97. The maximum atomic E-state index is 13.1. The molecule has 0 amide bonds. The van der Waals surface area contributed by atoms with Crippen LogP contribution in [0.3, 0.4) is 0 Å². The van der Waals surface area contributed by atoms with Crippen molar-refractivity contribution in [3.8, 4) is 57.1 Å². The first kappa shape index (κ1) is 56.0. The molecule has 4 aliphatic heterocycles. The lowest BCUT2D eigenvalue weighted by Crippen LogP contribution is -2.65. The summed E-state index contributed by atoms with van der Waals surface area (Å²) in [6.07, 6.45) is -23.5. The standard InChI is InChI=1S/C52H54O25/c1-68-33-16-24(4-13-30(33)57)6-15-39(59)69-21-36-41(61)44(64)47(67)51(75-36)77-49-45(65)42(62)37(22-70-38(58)14-5-23-2-9-26(54)10-3-23)76-52(49)73-34-19-29-31(71-48(34)25-7-11-27(55)12-8-25)17-28(56)18-32(29)72-50-46(66)43(63)40(60)35(20-53)74-50/h2-19,35-37,40-47,49-55,57,60-67H,20-22H2,1H3/t35-,36-,37-,40-,41-,42-,43+,44+,45+,46+,47-,49+,50-,51+,52-/m1/s1. The number of phenols is 3. The SMILES string of the molecule is COc1cc(C=CC(=O)OC[C@H]2O[C@@H](O[C@@H]3[C@H](Oc4cc5c(O[C@@H]6O[C@H](CO)[C@@H](O)[C@H](O)[C@@H]6O)cc(=O)cc-5oc4-c4ccc(O)cc4)O[C@H](COC(=O)C=Cc4ccc(O)cc4)[C@@H](O)[C@@H]3O)[C@H](O)[C@@H](O)[C@@H]2O)ccc1O. The van der Waals surface area contributed by atoms with Crippen molar-refractivity contribution in [1.82, 2.24) is 0 Å². The largest absolute Gasteiger partial charge is 0.508 e. The van der Waals surface area contributed by atoms with Crippen LogP contribution in [0.4, 0.5) is 0 Å². The summed E-state index contributed by atoms with van der Waals surface area (Å²) in [6.45, 7) is -2.32. The highest BCUT2D eigenvalue weighted by atomic mass is 16.8. The van der Waals surface area contributed by atoms with Crippen LogP contribution < -0.4 is 19.6 Å². The monoisotopic (exact) mass is 1080 g/mol. The number of hydrogen-bond acceptors (Lipinski definition) is 25. The maximum Gasteiger partial charge on any atom is 0.330 e. The number of methoxy groups -OCH3 is 1. The molecule has 0 aromatic heterocycles. The molecule has 25 heteroatoms. The van der Waals surface area contributed by atoms with Crippen molar-refractivity contribution in [2.24, 2.45) is 0 Å². The minimum atomic E-state index is -2.12. The van der Waals surface area contributed by atoms with E-state index in [0.29, 0.717) is 11.1 Å². The lowest BCUT2D eigenvalue weighted by molar-refractivity contribution is -0.358. The summed E-state index contributed by atoms with van der Waals surface area (Å²) in [5.41, 5.74) is 0.298. The van der Waals surface area contributed by atoms with Gasteiger partial charge >= 0.3 is 11.9 Å². The van der Waals surface area contributed by atoms with Crippen LogP contribution in [0, 0.1) is 0 Å². The van der Waals surface area contributed by atoms with Crippen molar-refractivity contribution >= 4 is 24.1 Å². The number of ether oxygens (including phenoxy) is 9. The molecule has 3 saturated heterocycles. The van der Waals surface area contributed by atoms with E-state index in [-0.39, 0.29) is 57.1 Å². The quantitative estimate of drug-likeness (QED) is 0.0402. The topological polar surface area (TPSA) is 390 Å². The first-order valence-electron chi connectivity index (χ1n) is 23.6. The van der Waals surface area contributed by atoms with Gasteiger partial charge in [-0.1, -0.05) is 18.2 Å². The van der Waals surface area contributed by atoms with Crippen LogP contribution in [0.25, 0.3) is 34.8 Å². The number of aliphatic hydroxyl groups is 9. The van der Waals surface area contributed by atoms with Gasteiger partial charge in [-0.25, -0.2) is 9.59 Å². The molecule has 3 aromatic carbocycles. The number of rotatable bonds is 17. The molecule has 1 aliphatic carbocycles. The Labute approximate surface area is 435 Å². The van der Waals surface area contributed by atoms with Gasteiger partial charge in [-0.3, -0.25) is 4.79 Å². The molecule has 8 rings (SSSR count). The third-order valence-electron chi connectivity index (χ3n) is 12.6. The van der Waals surface area contributed by atoms with Crippen molar-refractivity contribution < 1.29 is 118 Å². The van der Waals surface area contributed by atoms with E-state index in [1.807, 2.05) is 0 Å². The highest BCUT2D eigenvalue weighted by Gasteiger charge is 2.52. The van der Waals surface area contributed by atoms with Gasteiger partial charge in [0.05, 0.1) is 19.3 Å². The minimum Gasteiger partial charge on any atom is -0.508 e. The molecule has 5 aliphatic rings. The van der Waals surface area contributed by atoms with Crippen molar-refractivity contribution in [2.75, 3.05) is 26.9 Å². The van der Waals surface area contributed by atoms with E-state index in [4.69, 9.17) is 47.0 Å². The van der Waals surface area contributed by atoms with E-state index in [2.05, 4.69) is 0 Å². The van der Waals surface area contributed by atoms with Crippen LogP contribution in [-0.2, 0) is 38.0 Å². The molecule has 0 radical (unpaired) electrons. The summed E-state index contributed by atoms with van der Waals surface area (Å²) in [5, 5.41) is 128. The molecule has 3 fully saturated rings. The zero-order valence-corrected chi connectivity index (χ0v) is 40.3. The summed E-state index contributed by atoms with van der Waals surface area (Å²) in [5.74, 6) is -3.24. The van der Waals surface area contributed by atoms with Gasteiger partial charge in [-0.2, -0.15) is 0 Å². The zero-order valence-electron chi connectivity index (χ0n) is 40.3. The van der Waals surface area contributed by atoms with Crippen LogP contribution in [-0.4, -0.2) is 192 Å². The van der Waals surface area contributed by atoms with Crippen LogP contribution in [0.5, 0.6) is 34.5 Å². The van der Waals surface area contributed by atoms with E-state index >= 15 is 0 Å². The van der Waals surface area contributed by atoms with Crippen molar-refractivity contribution in [3.63, 3.8) is 0 Å². The molecule has 15 atom stereocenters. The highest BCUT2D eigenvalue weighted by molar-refractivity contribution is 5.87. The predicted molar refractivity (Wildman–Crippen MR) is 259 cm³/mol. The predicted octanol–water partition coefficient (Wildman–Crippen LogP) is -0.753. The third-order valence-corrected chi connectivity index (χ3v) is 12.6. The molecule has 0 saturated carbocycles. The number of carbonyl (C=O) groups is 2. The molecular weight excluding hydrogens is 1020 g/mol. The average molecular weight is 1080 g/mol. The maximum absolute atomic E-state index is 13.1. The molecule has 4 heterocycles. The van der Waals surface area contributed by atoms with Gasteiger partial charge in [0, 0.05) is 29.8 Å². The molecule has 412 valence electrons. The van der Waals surface area contributed by atoms with E-state index in [1.165, 1.54) is 92.1 Å². The first-order valence-corrected chi connectivity index (χ1v) is 23.6. The molecule has 0 spiro atoms. The summed E-state index contributed by atoms with van der Waals surface area (Å²) in [4.78, 5) is 38.9. The summed E-state index contributed by atoms with van der Waals surface area (Å²) < 4.78 is 57.8. The smallest absolute Gasteiger partial charge is 0.330 e. The first-order chi connectivity index (χ1) is 36.8. The third kappa shape index (κ3) is 13.0. The Balaban J connectivity index is 1.11. The van der Waals surface area contributed by atoms with Crippen LogP contribution in [0.1, 0.15) is 11.1 Å². The minimum absolute atomic E-state index is 0.0190. The van der Waals surface area contributed by atoms with Gasteiger partial charge < -0.3 is 108 Å². The Kier molecular flexibility index (Phi) is 17.8. The Bertz CT molecular complexity index is 2900. The molecule has 25 nitrogen and oxygen atoms in total. The lowest BCUT2D eigenvalue weighted by Gasteiger charge is -2.46. The Morgan fingerprint density at radius 2 is 1.09 bits per heavy atom. The van der Waals surface area contributed by atoms with E-state index in [0.717, 1.165) is 24.3 Å². The summed E-state index contributed by atoms with van der Waals surface area (Å²) >= 11 is 0. The van der Waals surface area contributed by atoms with Crippen molar-refractivity contribution in [3.05, 3.63) is 118 Å². The molecule has 77 heavy (non-hydrogen) atoms. The van der Waals surface area contributed by atoms with Gasteiger partial charge in [0.2, 0.25) is 12.6 Å². The fraction of sp³-hybridized carbons (Fsp3) is 0.365. The Morgan fingerprint density at radius 3 is 1.71 bits per heavy atom. The number of benzene rings is 4. The molecule has 0 unspecified atom stereocenters. The number of esters is 2. The van der Waals surface area contributed by atoms with Gasteiger partial charge in [0.25, 0.3) is 0 Å². The van der Waals surface area contributed by atoms with Gasteiger partial charge in [-0.05, 0) is 77.9 Å². The molecular formula is C52H54O25. The van der Waals surface area contributed by atoms with Crippen LogP contribution in [0.2, 0.25) is 0 Å². The zero-order chi connectivity index (χ0) is 55.2. The molecule has 3 aromatic rings. The fourth-order valence-electron chi connectivity index (χ4n) is 8.32. The van der Waals surface area contributed by atoms with Gasteiger partial charge in [0.1, 0.15) is 103 Å². The number of aliphatic hydroxyl groups excluding tert-OH is 9. The average Bonchev–Trinajstić information content (AvgIpc) is 3.46. The summed E-state index contributed by atoms with van der Waals surface area (Å²) in [7, 11) is 1.33. The second kappa shape index (κ2) is 24.4. The van der Waals surface area contributed by atoms with Crippen LogP contribution in [0.15, 0.2) is 106 Å². The normalized spacial score (nSPS) is 29.6. The fourth-order valence-corrected chi connectivity index (χ4v) is 8.32. The number of aromatic hydroxyl groups is 3. The van der Waals surface area contributed by atoms with E-state index in [1.54, 1.807) is 0 Å². The van der Waals surface area contributed by atoms with E-state index in [9.17, 15) is 75.7 Å². The molecule has 12 N–H and O–H groups in total. The number of hydrogen-bond donors (Lipinski definition) is 12. The Morgan fingerprint density at radius 1 is 0.558 bits per heavy atom. The van der Waals surface area contributed by atoms with E-state index < -0.39 is 129 Å². The van der Waals surface area contributed by atoms with Gasteiger partial charge in [-0.15, -0.1) is 0 Å². The number of fused-ring (bicyclic) bond motifs is 1.